The fourth-order valence-corrected chi connectivity index (χ4v) is 2.98. The molecule has 0 unspecified atom stereocenters. The Morgan fingerprint density at radius 1 is 1.12 bits per heavy atom. The number of amides is 1. The Balaban J connectivity index is 1.47. The third kappa shape index (κ3) is 4.63. The van der Waals surface area contributed by atoms with Crippen molar-refractivity contribution >= 4 is 22.6 Å². The van der Waals surface area contributed by atoms with Crippen molar-refractivity contribution in [2.75, 3.05) is 18.4 Å². The highest BCUT2D eigenvalue weighted by Gasteiger charge is 2.07. The molecule has 0 bridgehead atoms. The van der Waals surface area contributed by atoms with Crippen LogP contribution in [0, 0.1) is 0 Å². The molecule has 3 aromatic rings. The number of rotatable bonds is 9. The van der Waals surface area contributed by atoms with Crippen LogP contribution in [0.2, 0.25) is 0 Å². The van der Waals surface area contributed by atoms with Crippen molar-refractivity contribution in [3.63, 3.8) is 0 Å². The number of nitrogens with one attached hydrogen (secondary N) is 3. The molecule has 0 saturated carbocycles. The predicted molar refractivity (Wildman–Crippen MR) is 107 cm³/mol. The summed E-state index contributed by atoms with van der Waals surface area (Å²) in [5.74, 6) is 0.728. The lowest BCUT2D eigenvalue weighted by atomic mass is 10.1. The van der Waals surface area contributed by atoms with Gasteiger partial charge in [-0.1, -0.05) is 38.0 Å². The first-order valence-electron chi connectivity index (χ1n) is 9.31. The molecule has 5 nitrogen and oxygen atoms in total. The number of anilines is 1. The number of fused-ring (bicyclic) bond motifs is 1. The topological polar surface area (TPSA) is 69.8 Å². The zero-order valence-electron chi connectivity index (χ0n) is 15.2. The van der Waals surface area contributed by atoms with E-state index in [1.165, 1.54) is 23.8 Å². The summed E-state index contributed by atoms with van der Waals surface area (Å²) in [4.78, 5) is 19.8. The summed E-state index contributed by atoms with van der Waals surface area (Å²) in [6.45, 7) is 3.69. The van der Waals surface area contributed by atoms with Crippen molar-refractivity contribution in [3.8, 4) is 0 Å². The van der Waals surface area contributed by atoms with Gasteiger partial charge in [-0.05, 0) is 36.6 Å². The quantitative estimate of drug-likeness (QED) is 0.508. The Hall–Kier alpha value is -2.82. The first-order valence-corrected chi connectivity index (χ1v) is 9.31. The summed E-state index contributed by atoms with van der Waals surface area (Å²) in [6.07, 6.45) is 7.98. The maximum Gasteiger partial charge on any atom is 0.252 e. The zero-order chi connectivity index (χ0) is 18.2. The Labute approximate surface area is 154 Å². The monoisotopic (exact) mass is 350 g/mol. The average Bonchev–Trinajstić information content (AvgIpc) is 3.09. The number of nitrogens with zero attached hydrogens (tertiary/aromatic N) is 1. The standard InChI is InChI=1S/C21H26N4O/c1-2-3-6-12-22-20-10-9-17(15-25-20)21(26)23-13-11-16-14-24-19-8-5-4-7-18(16)19/h4-5,7-10,14-15,24H,2-3,6,11-13H2,1H3,(H,22,25)(H,23,26). The van der Waals surface area contributed by atoms with Gasteiger partial charge in [0.05, 0.1) is 5.56 Å². The first-order chi connectivity index (χ1) is 12.8. The SMILES string of the molecule is CCCCCNc1ccc(C(=O)NCCc2c[nH]c3ccccc23)cn1. The van der Waals surface area contributed by atoms with Crippen LogP contribution < -0.4 is 10.6 Å². The van der Waals surface area contributed by atoms with E-state index in [9.17, 15) is 4.79 Å². The number of H-pyrrole nitrogens is 1. The number of carbonyl (C=O) groups is 1. The lowest BCUT2D eigenvalue weighted by Crippen LogP contribution is -2.25. The van der Waals surface area contributed by atoms with Gasteiger partial charge in [0.15, 0.2) is 0 Å². The summed E-state index contributed by atoms with van der Waals surface area (Å²) in [6, 6.07) is 11.9. The number of aromatic nitrogens is 2. The van der Waals surface area contributed by atoms with Gasteiger partial charge in [0.25, 0.3) is 5.91 Å². The number of hydrogen-bond donors (Lipinski definition) is 3. The van der Waals surface area contributed by atoms with Crippen LogP contribution in [-0.2, 0) is 6.42 Å². The predicted octanol–water partition coefficient (Wildman–Crippen LogP) is 4.14. The van der Waals surface area contributed by atoms with Crippen molar-refractivity contribution in [1.82, 2.24) is 15.3 Å². The molecule has 0 spiro atoms. The number of benzene rings is 1. The van der Waals surface area contributed by atoms with E-state index >= 15 is 0 Å². The summed E-state index contributed by atoms with van der Waals surface area (Å²) in [5, 5.41) is 7.46. The fraction of sp³-hybridized carbons (Fsp3) is 0.333. The van der Waals surface area contributed by atoms with Crippen molar-refractivity contribution in [2.24, 2.45) is 0 Å². The number of unbranched alkanes of at least 4 members (excludes halogenated alkanes) is 2. The molecular formula is C21H26N4O. The lowest BCUT2D eigenvalue weighted by molar-refractivity contribution is 0.0954. The lowest BCUT2D eigenvalue weighted by Gasteiger charge is -2.07. The van der Waals surface area contributed by atoms with Crippen molar-refractivity contribution < 1.29 is 4.79 Å². The van der Waals surface area contributed by atoms with E-state index in [4.69, 9.17) is 0 Å². The van der Waals surface area contributed by atoms with Crippen molar-refractivity contribution in [2.45, 2.75) is 32.6 Å². The summed E-state index contributed by atoms with van der Waals surface area (Å²) in [5.41, 5.74) is 2.92. The van der Waals surface area contributed by atoms with Gasteiger partial charge in [-0.25, -0.2) is 4.98 Å². The van der Waals surface area contributed by atoms with Gasteiger partial charge in [-0.15, -0.1) is 0 Å². The highest BCUT2D eigenvalue weighted by molar-refractivity contribution is 5.94. The Morgan fingerprint density at radius 3 is 2.81 bits per heavy atom. The highest BCUT2D eigenvalue weighted by Crippen LogP contribution is 2.17. The molecule has 1 aromatic carbocycles. The van der Waals surface area contributed by atoms with Crippen LogP contribution in [0.15, 0.2) is 48.8 Å². The smallest absolute Gasteiger partial charge is 0.252 e. The van der Waals surface area contributed by atoms with E-state index in [-0.39, 0.29) is 5.91 Å². The van der Waals surface area contributed by atoms with Gasteiger partial charge in [0.2, 0.25) is 0 Å². The van der Waals surface area contributed by atoms with Crippen LogP contribution in [-0.4, -0.2) is 29.0 Å². The minimum Gasteiger partial charge on any atom is -0.370 e. The molecule has 2 aromatic heterocycles. The molecule has 0 aliphatic heterocycles. The second-order valence-corrected chi connectivity index (χ2v) is 6.43. The van der Waals surface area contributed by atoms with Crippen LogP contribution in [0.1, 0.15) is 42.1 Å². The van der Waals surface area contributed by atoms with Gasteiger partial charge >= 0.3 is 0 Å². The van der Waals surface area contributed by atoms with Crippen LogP contribution in [0.3, 0.4) is 0 Å². The van der Waals surface area contributed by atoms with Crippen molar-refractivity contribution in [3.05, 3.63) is 59.9 Å². The summed E-state index contributed by atoms with van der Waals surface area (Å²) >= 11 is 0. The number of carbonyl (C=O) groups excluding carboxylic acids is 1. The van der Waals surface area contributed by atoms with Gasteiger partial charge in [-0.3, -0.25) is 4.79 Å². The molecule has 0 fully saturated rings. The first kappa shape index (κ1) is 18.0. The van der Waals surface area contributed by atoms with E-state index in [1.807, 2.05) is 30.5 Å². The van der Waals surface area contributed by atoms with E-state index in [0.717, 1.165) is 30.7 Å². The highest BCUT2D eigenvalue weighted by atomic mass is 16.1. The Kier molecular flexibility index (Phi) is 6.25. The third-order valence-electron chi connectivity index (χ3n) is 4.47. The number of pyridine rings is 1. The Bertz CT molecular complexity index is 839. The van der Waals surface area contributed by atoms with Crippen LogP contribution >= 0.6 is 0 Å². The van der Waals surface area contributed by atoms with E-state index in [2.05, 4.69) is 39.7 Å². The van der Waals surface area contributed by atoms with E-state index in [1.54, 1.807) is 6.20 Å². The molecular weight excluding hydrogens is 324 g/mol. The molecule has 26 heavy (non-hydrogen) atoms. The van der Waals surface area contributed by atoms with Gasteiger partial charge in [0.1, 0.15) is 5.82 Å². The molecule has 3 rings (SSSR count). The number of para-hydroxylation sites is 1. The third-order valence-corrected chi connectivity index (χ3v) is 4.47. The maximum absolute atomic E-state index is 12.3. The summed E-state index contributed by atoms with van der Waals surface area (Å²) in [7, 11) is 0. The Morgan fingerprint density at radius 2 is 2.00 bits per heavy atom. The molecule has 1 amide bonds. The van der Waals surface area contributed by atoms with Gasteiger partial charge in [0, 0.05) is 36.4 Å². The van der Waals surface area contributed by atoms with E-state index < -0.39 is 0 Å². The van der Waals surface area contributed by atoms with Gasteiger partial charge in [-0.2, -0.15) is 0 Å². The maximum atomic E-state index is 12.3. The average molecular weight is 350 g/mol. The molecule has 0 atom stereocenters. The molecule has 5 heteroatoms. The van der Waals surface area contributed by atoms with Crippen LogP contribution in [0.5, 0.6) is 0 Å². The zero-order valence-corrected chi connectivity index (χ0v) is 15.2. The normalized spacial score (nSPS) is 10.8. The molecule has 0 aliphatic rings. The minimum atomic E-state index is -0.0881. The van der Waals surface area contributed by atoms with Crippen LogP contribution in [0.4, 0.5) is 5.82 Å². The summed E-state index contributed by atoms with van der Waals surface area (Å²) < 4.78 is 0. The molecule has 0 saturated heterocycles. The van der Waals surface area contributed by atoms with Crippen LogP contribution in [0.25, 0.3) is 10.9 Å². The largest absolute Gasteiger partial charge is 0.370 e. The second-order valence-electron chi connectivity index (χ2n) is 6.43. The van der Waals surface area contributed by atoms with E-state index in [0.29, 0.717) is 12.1 Å². The molecule has 3 N–H and O–H groups in total. The number of hydrogen-bond acceptors (Lipinski definition) is 3. The molecule has 136 valence electrons. The molecule has 0 aliphatic carbocycles. The molecule has 0 radical (unpaired) electrons. The molecule has 2 heterocycles. The van der Waals surface area contributed by atoms with Gasteiger partial charge < -0.3 is 15.6 Å². The fourth-order valence-electron chi connectivity index (χ4n) is 2.98. The van der Waals surface area contributed by atoms with Crippen molar-refractivity contribution in [1.29, 1.82) is 0 Å². The number of aromatic amines is 1. The minimum absolute atomic E-state index is 0.0881. The second kappa shape index (κ2) is 9.04.